The topological polar surface area (TPSA) is 127 Å². The van der Waals surface area contributed by atoms with Crippen molar-refractivity contribution in [1.29, 1.82) is 0 Å². The summed E-state index contributed by atoms with van der Waals surface area (Å²) in [5.41, 5.74) is 0. The molecule has 0 aliphatic carbocycles. The van der Waals surface area contributed by atoms with Crippen LogP contribution >= 0.6 is 0 Å². The molecule has 1 aromatic heterocycles. The van der Waals surface area contributed by atoms with E-state index in [1.807, 2.05) is 10.6 Å². The maximum absolute atomic E-state index is 11.3. The molecule has 2 rings (SSSR count). The van der Waals surface area contributed by atoms with E-state index in [-0.39, 0.29) is 5.82 Å². The number of urea groups is 1. The molecule has 0 bridgehead atoms. The Balaban J connectivity index is 2.19. The van der Waals surface area contributed by atoms with Gasteiger partial charge in [0.25, 0.3) is 17.9 Å². The SMILES string of the molecule is O=C1NC(=O)C(N=Nc2cccc[n+]2[O-])C(=O)N1. The van der Waals surface area contributed by atoms with Crippen molar-refractivity contribution in [1.82, 2.24) is 10.6 Å². The van der Waals surface area contributed by atoms with E-state index in [0.717, 1.165) is 0 Å². The fourth-order valence-electron chi connectivity index (χ4n) is 1.23. The van der Waals surface area contributed by atoms with Crippen molar-refractivity contribution in [3.8, 4) is 0 Å². The number of nitrogens with one attached hydrogen (secondary N) is 2. The number of pyridine rings is 1. The average Bonchev–Trinajstić information content (AvgIpc) is 2.30. The lowest BCUT2D eigenvalue weighted by Crippen LogP contribution is -2.57. The van der Waals surface area contributed by atoms with E-state index in [0.29, 0.717) is 4.73 Å². The molecule has 0 atom stereocenters. The maximum Gasteiger partial charge on any atom is 0.353 e. The van der Waals surface area contributed by atoms with Crippen LogP contribution in [0.4, 0.5) is 10.6 Å². The first-order valence-electron chi connectivity index (χ1n) is 4.82. The summed E-state index contributed by atoms with van der Waals surface area (Å²) in [6, 6.07) is 2.01. The van der Waals surface area contributed by atoms with Gasteiger partial charge < -0.3 is 5.21 Å². The van der Waals surface area contributed by atoms with Crippen molar-refractivity contribution < 1.29 is 19.1 Å². The van der Waals surface area contributed by atoms with Crippen LogP contribution in [-0.2, 0) is 9.59 Å². The molecule has 9 nitrogen and oxygen atoms in total. The smallest absolute Gasteiger partial charge is 0.353 e. The third-order valence-corrected chi connectivity index (χ3v) is 2.05. The normalized spacial score (nSPS) is 16.8. The zero-order valence-electron chi connectivity index (χ0n) is 8.86. The van der Waals surface area contributed by atoms with Gasteiger partial charge in [-0.25, -0.2) is 9.52 Å². The summed E-state index contributed by atoms with van der Waals surface area (Å²) in [5.74, 6) is -1.85. The lowest BCUT2D eigenvalue weighted by molar-refractivity contribution is -0.591. The van der Waals surface area contributed by atoms with Crippen molar-refractivity contribution in [2.24, 2.45) is 10.2 Å². The zero-order chi connectivity index (χ0) is 13.1. The number of azo groups is 1. The van der Waals surface area contributed by atoms with E-state index in [1.54, 1.807) is 6.07 Å². The number of hydrogen-bond acceptors (Lipinski definition) is 6. The largest absolute Gasteiger partial charge is 0.710 e. The lowest BCUT2D eigenvalue weighted by atomic mass is 10.2. The first-order valence-corrected chi connectivity index (χ1v) is 4.82. The number of nitrogens with zero attached hydrogens (tertiary/aromatic N) is 3. The van der Waals surface area contributed by atoms with Crippen LogP contribution in [0.5, 0.6) is 0 Å². The zero-order valence-corrected chi connectivity index (χ0v) is 8.86. The highest BCUT2D eigenvalue weighted by molar-refractivity contribution is 6.18. The fraction of sp³-hybridized carbons (Fsp3) is 0.111. The summed E-state index contributed by atoms with van der Waals surface area (Å²) >= 11 is 0. The Morgan fingerprint density at radius 1 is 1.17 bits per heavy atom. The Kier molecular flexibility index (Phi) is 2.96. The van der Waals surface area contributed by atoms with E-state index >= 15 is 0 Å². The molecule has 0 radical (unpaired) electrons. The predicted octanol–water partition coefficient (Wildman–Crippen LogP) is -0.862. The Bertz CT molecular complexity index is 536. The van der Waals surface area contributed by atoms with Crippen LogP contribution < -0.4 is 15.4 Å². The minimum absolute atomic E-state index is 0.0741. The fourth-order valence-corrected chi connectivity index (χ4v) is 1.23. The Morgan fingerprint density at radius 3 is 2.44 bits per heavy atom. The molecule has 0 unspecified atom stereocenters. The van der Waals surface area contributed by atoms with Crippen LogP contribution in [0.1, 0.15) is 0 Å². The summed E-state index contributed by atoms with van der Waals surface area (Å²) in [6.07, 6.45) is 1.19. The molecule has 4 amide bonds. The number of barbiturate groups is 1. The molecule has 92 valence electrons. The summed E-state index contributed by atoms with van der Waals surface area (Å²) in [5, 5.41) is 21.9. The molecule has 1 fully saturated rings. The van der Waals surface area contributed by atoms with Gasteiger partial charge in [-0.3, -0.25) is 20.2 Å². The van der Waals surface area contributed by atoms with Crippen molar-refractivity contribution >= 4 is 23.7 Å². The molecule has 1 aromatic rings. The molecule has 1 aliphatic rings. The van der Waals surface area contributed by atoms with Crippen LogP contribution in [0.15, 0.2) is 34.6 Å². The van der Waals surface area contributed by atoms with Gasteiger partial charge in [0.15, 0.2) is 0 Å². The minimum atomic E-state index is -1.48. The Morgan fingerprint density at radius 2 is 1.83 bits per heavy atom. The number of rotatable bonds is 2. The maximum atomic E-state index is 11.3. The number of carbonyl (C=O) groups is 3. The van der Waals surface area contributed by atoms with Gasteiger partial charge in [-0.1, -0.05) is 11.2 Å². The highest BCUT2D eigenvalue weighted by atomic mass is 16.5. The van der Waals surface area contributed by atoms with Gasteiger partial charge in [0.1, 0.15) is 0 Å². The third-order valence-electron chi connectivity index (χ3n) is 2.05. The number of carbonyl (C=O) groups excluding carboxylic acids is 3. The molecule has 0 saturated carbocycles. The Labute approximate surface area is 100 Å². The van der Waals surface area contributed by atoms with Gasteiger partial charge in [-0.05, 0) is 6.07 Å². The molecule has 1 saturated heterocycles. The highest BCUT2D eigenvalue weighted by Crippen LogP contribution is 2.07. The highest BCUT2D eigenvalue weighted by Gasteiger charge is 2.36. The third kappa shape index (κ3) is 2.29. The summed E-state index contributed by atoms with van der Waals surface area (Å²) < 4.78 is 0.424. The molecule has 0 aromatic carbocycles. The molecular formula is C9H7N5O4. The summed E-state index contributed by atoms with van der Waals surface area (Å²) in [6.45, 7) is 0. The number of imide groups is 2. The molecule has 0 spiro atoms. The first-order chi connectivity index (χ1) is 8.58. The second-order valence-corrected chi connectivity index (χ2v) is 3.31. The van der Waals surface area contributed by atoms with Gasteiger partial charge in [-0.15, -0.1) is 0 Å². The van der Waals surface area contributed by atoms with E-state index in [4.69, 9.17) is 0 Å². The van der Waals surface area contributed by atoms with Crippen LogP contribution in [0, 0.1) is 5.21 Å². The second-order valence-electron chi connectivity index (χ2n) is 3.31. The predicted molar refractivity (Wildman–Crippen MR) is 55.4 cm³/mol. The summed E-state index contributed by atoms with van der Waals surface area (Å²) in [4.78, 5) is 33.3. The molecule has 2 heterocycles. The van der Waals surface area contributed by atoms with Gasteiger partial charge >= 0.3 is 11.8 Å². The van der Waals surface area contributed by atoms with Crippen LogP contribution in [0.25, 0.3) is 0 Å². The summed E-state index contributed by atoms with van der Waals surface area (Å²) in [7, 11) is 0. The van der Waals surface area contributed by atoms with Crippen LogP contribution in [0.2, 0.25) is 0 Å². The van der Waals surface area contributed by atoms with E-state index < -0.39 is 23.9 Å². The molecule has 2 N–H and O–H groups in total. The molecule has 9 heteroatoms. The van der Waals surface area contributed by atoms with Crippen molar-refractivity contribution in [3.63, 3.8) is 0 Å². The van der Waals surface area contributed by atoms with Gasteiger partial charge in [0, 0.05) is 6.07 Å². The van der Waals surface area contributed by atoms with Crippen molar-refractivity contribution in [2.75, 3.05) is 0 Å². The van der Waals surface area contributed by atoms with E-state index in [2.05, 4.69) is 10.2 Å². The molecule has 1 aliphatic heterocycles. The van der Waals surface area contributed by atoms with Gasteiger partial charge in [-0.2, -0.15) is 0 Å². The van der Waals surface area contributed by atoms with Gasteiger partial charge in [0.05, 0.1) is 11.3 Å². The van der Waals surface area contributed by atoms with Crippen molar-refractivity contribution in [3.05, 3.63) is 29.6 Å². The van der Waals surface area contributed by atoms with Crippen LogP contribution in [-0.4, -0.2) is 23.9 Å². The number of hydrogen-bond donors (Lipinski definition) is 2. The van der Waals surface area contributed by atoms with E-state index in [1.165, 1.54) is 18.3 Å². The first kappa shape index (κ1) is 11.6. The molecule has 18 heavy (non-hydrogen) atoms. The molecular weight excluding hydrogens is 242 g/mol. The van der Waals surface area contributed by atoms with E-state index in [9.17, 15) is 19.6 Å². The minimum Gasteiger partial charge on any atom is -0.710 e. The standard InChI is InChI=1S/C9H7N5O4/c15-7-6(8(16)11-9(17)10-7)13-12-5-3-1-2-4-14(5)18/h1-4,6H,(H2,10,11,15,16,17). The number of aromatic nitrogens is 1. The van der Waals surface area contributed by atoms with Crippen LogP contribution in [0.3, 0.4) is 0 Å². The number of amides is 4. The monoisotopic (exact) mass is 249 g/mol. The second kappa shape index (κ2) is 4.57. The van der Waals surface area contributed by atoms with Gasteiger partial charge in [0.2, 0.25) is 0 Å². The Hall–Kier alpha value is -2.84. The lowest BCUT2D eigenvalue weighted by Gasteiger charge is -2.14. The average molecular weight is 249 g/mol. The van der Waals surface area contributed by atoms with Crippen molar-refractivity contribution in [2.45, 2.75) is 6.04 Å². The quantitative estimate of drug-likeness (QED) is 0.306.